The van der Waals surface area contributed by atoms with Crippen molar-refractivity contribution < 1.29 is 14.7 Å². The Balaban J connectivity index is 2.05. The highest BCUT2D eigenvalue weighted by atomic mass is 16.4. The lowest BCUT2D eigenvalue weighted by Gasteiger charge is -2.26. The second kappa shape index (κ2) is 4.31. The van der Waals surface area contributed by atoms with Gasteiger partial charge < -0.3 is 10.0 Å². The van der Waals surface area contributed by atoms with Crippen LogP contribution in [0.1, 0.15) is 40.0 Å². The number of likely N-dealkylation sites (tertiary alicyclic amines) is 1. The van der Waals surface area contributed by atoms with Crippen LogP contribution in [0, 0.1) is 17.8 Å². The van der Waals surface area contributed by atoms with E-state index >= 15 is 0 Å². The highest BCUT2D eigenvalue weighted by Gasteiger charge is 2.50. The van der Waals surface area contributed by atoms with E-state index in [1.54, 1.807) is 4.90 Å². The Morgan fingerprint density at radius 3 is 2.41 bits per heavy atom. The molecular weight excluding hydrogens is 218 g/mol. The highest BCUT2D eigenvalue weighted by molar-refractivity contribution is 5.87. The van der Waals surface area contributed by atoms with Gasteiger partial charge in [0.05, 0.1) is 0 Å². The number of amides is 1. The Bertz CT molecular complexity index is 340. The Hall–Kier alpha value is -1.06. The fraction of sp³-hybridized carbons (Fsp3) is 0.846. The number of carbonyl (C=O) groups excluding carboxylic acids is 1. The minimum absolute atomic E-state index is 0.0705. The van der Waals surface area contributed by atoms with Crippen LogP contribution in [0.25, 0.3) is 0 Å². The molecule has 0 aromatic rings. The van der Waals surface area contributed by atoms with Crippen molar-refractivity contribution in [2.45, 2.75) is 52.1 Å². The van der Waals surface area contributed by atoms with Crippen LogP contribution in [0.4, 0.5) is 0 Å². The van der Waals surface area contributed by atoms with Gasteiger partial charge in [-0.3, -0.25) is 4.79 Å². The smallest absolute Gasteiger partial charge is 0.326 e. The summed E-state index contributed by atoms with van der Waals surface area (Å²) in [4.78, 5) is 25.1. The number of aliphatic carboxylic acids is 1. The number of hydrogen-bond donors (Lipinski definition) is 1. The van der Waals surface area contributed by atoms with E-state index in [9.17, 15) is 9.59 Å². The Kier molecular flexibility index (Phi) is 3.15. The van der Waals surface area contributed by atoms with Gasteiger partial charge >= 0.3 is 5.97 Å². The van der Waals surface area contributed by atoms with Crippen molar-refractivity contribution in [1.82, 2.24) is 4.90 Å². The zero-order valence-corrected chi connectivity index (χ0v) is 10.7. The van der Waals surface area contributed by atoms with Crippen molar-refractivity contribution in [3.63, 3.8) is 0 Å². The summed E-state index contributed by atoms with van der Waals surface area (Å²) in [5, 5.41) is 9.13. The van der Waals surface area contributed by atoms with Crippen LogP contribution in [0.15, 0.2) is 0 Å². The average molecular weight is 239 g/mol. The molecule has 0 radical (unpaired) electrons. The van der Waals surface area contributed by atoms with E-state index in [1.165, 1.54) is 0 Å². The molecule has 0 aromatic carbocycles. The number of carboxylic acid groups (broad SMARTS) is 1. The van der Waals surface area contributed by atoms with Crippen molar-refractivity contribution >= 4 is 11.9 Å². The zero-order chi connectivity index (χ0) is 12.7. The van der Waals surface area contributed by atoms with E-state index in [0.29, 0.717) is 18.3 Å². The van der Waals surface area contributed by atoms with Crippen LogP contribution in [0.2, 0.25) is 0 Å². The van der Waals surface area contributed by atoms with Crippen LogP contribution >= 0.6 is 0 Å². The normalized spacial score (nSPS) is 36.4. The molecule has 0 spiro atoms. The van der Waals surface area contributed by atoms with Crippen molar-refractivity contribution in [3.05, 3.63) is 0 Å². The van der Waals surface area contributed by atoms with Crippen molar-refractivity contribution in [2.24, 2.45) is 17.8 Å². The van der Waals surface area contributed by atoms with E-state index < -0.39 is 12.0 Å². The fourth-order valence-electron chi connectivity index (χ4n) is 3.02. The molecule has 1 heterocycles. The van der Waals surface area contributed by atoms with Crippen LogP contribution in [0.3, 0.4) is 0 Å². The lowest BCUT2D eigenvalue weighted by molar-refractivity contribution is -0.150. The lowest BCUT2D eigenvalue weighted by atomic mass is 10.1. The van der Waals surface area contributed by atoms with Gasteiger partial charge in [0.25, 0.3) is 0 Å². The van der Waals surface area contributed by atoms with Crippen LogP contribution in [0.5, 0.6) is 0 Å². The Morgan fingerprint density at radius 2 is 1.94 bits per heavy atom. The first-order valence-corrected chi connectivity index (χ1v) is 6.48. The average Bonchev–Trinajstić information content (AvgIpc) is 2.95. The predicted octanol–water partition coefficient (Wildman–Crippen LogP) is 1.74. The molecule has 1 aliphatic heterocycles. The van der Waals surface area contributed by atoms with Crippen molar-refractivity contribution in [3.8, 4) is 0 Å². The summed E-state index contributed by atoms with van der Waals surface area (Å²) in [6, 6.07) is -0.511. The molecule has 0 bridgehead atoms. The van der Waals surface area contributed by atoms with Gasteiger partial charge in [0, 0.05) is 12.0 Å². The molecule has 1 N–H and O–H groups in total. The fourth-order valence-corrected chi connectivity index (χ4v) is 3.02. The van der Waals surface area contributed by atoms with Crippen LogP contribution < -0.4 is 0 Å². The summed E-state index contributed by atoms with van der Waals surface area (Å²) in [5.74, 6) is 0.276. The molecule has 2 rings (SSSR count). The maximum Gasteiger partial charge on any atom is 0.326 e. The minimum Gasteiger partial charge on any atom is -0.480 e. The molecule has 1 saturated heterocycles. The van der Waals surface area contributed by atoms with Gasteiger partial charge in [-0.15, -0.1) is 0 Å². The van der Waals surface area contributed by atoms with Gasteiger partial charge in [-0.25, -0.2) is 4.79 Å². The van der Waals surface area contributed by atoms with Crippen molar-refractivity contribution in [2.75, 3.05) is 0 Å². The molecule has 4 nitrogen and oxygen atoms in total. The van der Waals surface area contributed by atoms with E-state index in [0.717, 1.165) is 12.8 Å². The van der Waals surface area contributed by atoms with Gasteiger partial charge in [-0.05, 0) is 38.0 Å². The number of hydrogen-bond acceptors (Lipinski definition) is 2. The van der Waals surface area contributed by atoms with E-state index in [4.69, 9.17) is 5.11 Å². The third-order valence-electron chi connectivity index (χ3n) is 4.22. The van der Waals surface area contributed by atoms with Gasteiger partial charge in [0.2, 0.25) is 5.91 Å². The summed E-state index contributed by atoms with van der Waals surface area (Å²) < 4.78 is 0. The molecule has 17 heavy (non-hydrogen) atoms. The Labute approximate surface area is 102 Å². The predicted molar refractivity (Wildman–Crippen MR) is 63.4 cm³/mol. The number of rotatable bonds is 3. The monoisotopic (exact) mass is 239 g/mol. The van der Waals surface area contributed by atoms with Gasteiger partial charge in [-0.2, -0.15) is 0 Å². The third-order valence-corrected chi connectivity index (χ3v) is 4.22. The quantitative estimate of drug-likeness (QED) is 0.816. The number of carboxylic acids is 1. The molecule has 0 aromatic heterocycles. The molecule has 1 saturated carbocycles. The maximum absolute atomic E-state index is 12.3. The molecule has 96 valence electrons. The van der Waals surface area contributed by atoms with E-state index in [-0.39, 0.29) is 17.9 Å². The number of nitrogens with zero attached hydrogens (tertiary/aromatic N) is 1. The first kappa shape index (κ1) is 12.4. The Morgan fingerprint density at radius 1 is 1.29 bits per heavy atom. The summed E-state index contributed by atoms with van der Waals surface area (Å²) in [6.07, 6.45) is 2.34. The maximum atomic E-state index is 12.3. The standard InChI is InChI=1S/C13H21NO3/c1-7(2)9-6-10(9)12(15)14-8(3)4-5-11(14)13(16)17/h7-11H,4-6H2,1-3H3,(H,16,17)/t8-,9-,10+,11-/m0/s1. The third kappa shape index (κ3) is 2.17. The molecule has 0 unspecified atom stereocenters. The molecule has 2 aliphatic rings. The van der Waals surface area contributed by atoms with E-state index in [2.05, 4.69) is 13.8 Å². The molecule has 4 atom stereocenters. The van der Waals surface area contributed by atoms with E-state index in [1.807, 2.05) is 6.92 Å². The minimum atomic E-state index is -0.857. The first-order valence-electron chi connectivity index (χ1n) is 6.48. The second-order valence-corrected chi connectivity index (χ2v) is 5.78. The second-order valence-electron chi connectivity index (χ2n) is 5.78. The zero-order valence-electron chi connectivity index (χ0n) is 10.7. The SMILES string of the molecule is CC(C)[C@@H]1C[C@H]1C(=O)N1[C@@H](C)CC[C@H]1C(=O)O. The summed E-state index contributed by atoms with van der Waals surface area (Å²) in [5.41, 5.74) is 0. The largest absolute Gasteiger partial charge is 0.480 e. The van der Waals surface area contributed by atoms with Crippen LogP contribution in [-0.4, -0.2) is 34.0 Å². The highest BCUT2D eigenvalue weighted by Crippen LogP contribution is 2.46. The molecule has 1 amide bonds. The van der Waals surface area contributed by atoms with Gasteiger partial charge in [0.1, 0.15) is 6.04 Å². The first-order chi connectivity index (χ1) is 7.93. The topological polar surface area (TPSA) is 57.6 Å². The van der Waals surface area contributed by atoms with Gasteiger partial charge in [0.15, 0.2) is 0 Å². The van der Waals surface area contributed by atoms with Crippen molar-refractivity contribution in [1.29, 1.82) is 0 Å². The summed E-state index contributed by atoms with van der Waals surface area (Å²) >= 11 is 0. The van der Waals surface area contributed by atoms with Crippen LogP contribution in [-0.2, 0) is 9.59 Å². The summed E-state index contributed by atoms with van der Waals surface area (Å²) in [6.45, 7) is 6.20. The molecule has 2 fully saturated rings. The number of carbonyl (C=O) groups is 2. The molecule has 1 aliphatic carbocycles. The lowest BCUT2D eigenvalue weighted by Crippen LogP contribution is -2.45. The molecule has 4 heteroatoms. The van der Waals surface area contributed by atoms with Gasteiger partial charge in [-0.1, -0.05) is 13.8 Å². The summed E-state index contributed by atoms with van der Waals surface area (Å²) in [7, 11) is 0. The molecular formula is C13H21NO3.